The van der Waals surface area contributed by atoms with E-state index in [1.165, 1.54) is 18.2 Å². The first kappa shape index (κ1) is 17.0. The van der Waals surface area contributed by atoms with E-state index < -0.39 is 16.0 Å². The fraction of sp³-hybridized carbons (Fsp3) is 0.235. The Morgan fingerprint density at radius 1 is 1.17 bits per heavy atom. The van der Waals surface area contributed by atoms with Gasteiger partial charge in [-0.15, -0.1) is 0 Å². The van der Waals surface area contributed by atoms with Gasteiger partial charge in [0.1, 0.15) is 0 Å². The summed E-state index contributed by atoms with van der Waals surface area (Å²) in [5.74, 6) is -1.01. The van der Waals surface area contributed by atoms with Crippen molar-refractivity contribution in [1.82, 2.24) is 0 Å². The van der Waals surface area contributed by atoms with Crippen LogP contribution in [0.2, 0.25) is 0 Å². The smallest absolute Gasteiger partial charge is 0.261 e. The summed E-state index contributed by atoms with van der Waals surface area (Å²) in [5, 5.41) is 10.8. The molecule has 0 fully saturated rings. The Bertz CT molecular complexity index is 798. The number of anilines is 1. The van der Waals surface area contributed by atoms with Gasteiger partial charge < -0.3 is 9.90 Å². The molecule has 0 aliphatic rings. The Kier molecular flexibility index (Phi) is 5.05. The molecule has 0 saturated carbocycles. The Labute approximate surface area is 136 Å². The summed E-state index contributed by atoms with van der Waals surface area (Å²) in [6.45, 7) is 4.19. The maximum Gasteiger partial charge on any atom is 0.261 e. The number of carbonyl (C=O) groups is 1. The molecule has 1 N–H and O–H groups in total. The summed E-state index contributed by atoms with van der Waals surface area (Å²) in [7, 11) is -3.85. The van der Waals surface area contributed by atoms with Crippen molar-refractivity contribution in [2.45, 2.75) is 31.1 Å². The van der Waals surface area contributed by atoms with E-state index >= 15 is 0 Å². The molecule has 0 radical (unpaired) electrons. The first-order chi connectivity index (χ1) is 10.8. The Morgan fingerprint density at radius 2 is 1.83 bits per heavy atom. The highest BCUT2D eigenvalue weighted by atomic mass is 32.2. The van der Waals surface area contributed by atoms with Gasteiger partial charge in [-0.05, 0) is 47.7 Å². The van der Waals surface area contributed by atoms with Crippen molar-refractivity contribution in [1.29, 1.82) is 0 Å². The van der Waals surface area contributed by atoms with Gasteiger partial charge in [0.15, 0.2) is 0 Å². The predicted molar refractivity (Wildman–Crippen MR) is 86.7 cm³/mol. The third-order valence-electron chi connectivity index (χ3n) is 3.72. The van der Waals surface area contributed by atoms with Gasteiger partial charge in [0.2, 0.25) is 0 Å². The van der Waals surface area contributed by atoms with Crippen LogP contribution in [0.5, 0.6) is 0 Å². The van der Waals surface area contributed by atoms with E-state index in [4.69, 9.17) is 0 Å². The molecule has 2 aromatic rings. The Balaban J connectivity index is 2.24. The van der Waals surface area contributed by atoms with E-state index in [9.17, 15) is 18.3 Å². The van der Waals surface area contributed by atoms with E-state index in [0.717, 1.165) is 18.1 Å². The normalized spacial score (nSPS) is 12.6. The average molecular weight is 332 g/mol. The van der Waals surface area contributed by atoms with Crippen LogP contribution in [-0.2, 0) is 10.0 Å². The van der Waals surface area contributed by atoms with Crippen LogP contribution in [0.4, 0.5) is 5.69 Å². The van der Waals surface area contributed by atoms with Crippen molar-refractivity contribution in [2.24, 2.45) is 0 Å². The van der Waals surface area contributed by atoms with Crippen molar-refractivity contribution >= 4 is 21.7 Å². The zero-order valence-corrected chi connectivity index (χ0v) is 13.8. The van der Waals surface area contributed by atoms with Crippen molar-refractivity contribution in [3.05, 3.63) is 59.7 Å². The monoisotopic (exact) mass is 332 g/mol. The maximum atomic E-state index is 12.3. The van der Waals surface area contributed by atoms with Gasteiger partial charge in [-0.1, -0.05) is 38.1 Å². The quantitative estimate of drug-likeness (QED) is 0.880. The van der Waals surface area contributed by atoms with Gasteiger partial charge >= 0.3 is 0 Å². The molecule has 0 aliphatic heterocycles. The number of aromatic carboxylic acids is 1. The van der Waals surface area contributed by atoms with Crippen molar-refractivity contribution in [3.8, 4) is 0 Å². The lowest BCUT2D eigenvalue weighted by molar-refractivity contribution is -0.255. The molecule has 0 amide bonds. The van der Waals surface area contributed by atoms with E-state index in [1.807, 2.05) is 12.1 Å². The third-order valence-corrected chi connectivity index (χ3v) is 5.10. The molecule has 0 heterocycles. The molecule has 0 bridgehead atoms. The highest BCUT2D eigenvalue weighted by Gasteiger charge is 2.15. The number of hydrogen-bond donors (Lipinski definition) is 1. The van der Waals surface area contributed by atoms with Crippen LogP contribution in [0.15, 0.2) is 53.4 Å². The molecule has 0 aliphatic carbocycles. The number of rotatable bonds is 6. The van der Waals surface area contributed by atoms with Gasteiger partial charge in [-0.2, -0.15) is 0 Å². The minimum atomic E-state index is -3.85. The lowest BCUT2D eigenvalue weighted by Gasteiger charge is -2.12. The number of benzene rings is 2. The van der Waals surface area contributed by atoms with E-state index in [1.54, 1.807) is 12.1 Å². The molecule has 2 aromatic carbocycles. The highest BCUT2D eigenvalue weighted by Crippen LogP contribution is 2.22. The first-order valence-electron chi connectivity index (χ1n) is 7.27. The topological polar surface area (TPSA) is 86.3 Å². The maximum absolute atomic E-state index is 12.3. The Hall–Kier alpha value is -2.34. The molecular weight excluding hydrogens is 314 g/mol. The van der Waals surface area contributed by atoms with Crippen molar-refractivity contribution in [2.75, 3.05) is 4.72 Å². The minimum absolute atomic E-state index is 0.120. The highest BCUT2D eigenvalue weighted by molar-refractivity contribution is 7.92. The molecule has 2 rings (SSSR count). The minimum Gasteiger partial charge on any atom is -0.545 e. The fourth-order valence-electron chi connectivity index (χ4n) is 2.12. The molecule has 0 spiro atoms. The van der Waals surface area contributed by atoms with Crippen LogP contribution in [0.1, 0.15) is 42.1 Å². The Morgan fingerprint density at radius 3 is 2.39 bits per heavy atom. The molecule has 5 nitrogen and oxygen atoms in total. The second-order valence-corrected chi connectivity index (χ2v) is 7.03. The molecule has 0 aromatic heterocycles. The summed E-state index contributed by atoms with van der Waals surface area (Å²) in [5.41, 5.74) is 1.38. The van der Waals surface area contributed by atoms with Crippen LogP contribution >= 0.6 is 0 Å². The molecule has 23 heavy (non-hydrogen) atoms. The summed E-state index contributed by atoms with van der Waals surface area (Å²) in [6.07, 6.45) is 1.00. The van der Waals surface area contributed by atoms with Crippen LogP contribution in [-0.4, -0.2) is 14.4 Å². The standard InChI is InChI=1S/C17H19NO4S/c1-3-12(2)13-7-9-15(10-8-13)18-23(21,22)16-6-4-5-14(11-16)17(19)20/h4-12,18H,3H2,1-2H3,(H,19,20)/p-1/t12-/m1/s1. The average Bonchev–Trinajstić information content (AvgIpc) is 2.54. The zero-order chi connectivity index (χ0) is 17.0. The zero-order valence-electron chi connectivity index (χ0n) is 12.9. The number of sulfonamides is 1. The number of carboxylic acid groups (broad SMARTS) is 1. The SMILES string of the molecule is CC[C@@H](C)c1ccc(NS(=O)(=O)c2cccc(C(=O)[O-])c2)cc1. The number of hydrogen-bond acceptors (Lipinski definition) is 4. The predicted octanol–water partition coefficient (Wildman–Crippen LogP) is 2.36. The lowest BCUT2D eigenvalue weighted by Crippen LogP contribution is -2.23. The summed E-state index contributed by atoms with van der Waals surface area (Å²) < 4.78 is 27.1. The van der Waals surface area contributed by atoms with E-state index in [-0.39, 0.29) is 10.5 Å². The largest absolute Gasteiger partial charge is 0.545 e. The summed E-state index contributed by atoms with van der Waals surface area (Å²) in [4.78, 5) is 10.7. The lowest BCUT2D eigenvalue weighted by atomic mass is 9.99. The molecule has 122 valence electrons. The molecule has 1 atom stereocenters. The number of carboxylic acids is 1. The van der Waals surface area contributed by atoms with Crippen LogP contribution < -0.4 is 9.83 Å². The van der Waals surface area contributed by atoms with Crippen LogP contribution in [0, 0.1) is 0 Å². The molecular formula is C17H18NO4S-. The molecule has 6 heteroatoms. The van der Waals surface area contributed by atoms with Crippen LogP contribution in [0.25, 0.3) is 0 Å². The summed E-state index contributed by atoms with van der Waals surface area (Å²) >= 11 is 0. The number of nitrogens with one attached hydrogen (secondary N) is 1. The van der Waals surface area contributed by atoms with Gasteiger partial charge in [-0.25, -0.2) is 8.42 Å². The van der Waals surface area contributed by atoms with Gasteiger partial charge in [0.05, 0.1) is 10.9 Å². The summed E-state index contributed by atoms with van der Waals surface area (Å²) in [6, 6.07) is 12.2. The van der Waals surface area contributed by atoms with Gasteiger partial charge in [-0.3, -0.25) is 4.72 Å². The second-order valence-electron chi connectivity index (χ2n) is 5.35. The van der Waals surface area contributed by atoms with Crippen molar-refractivity contribution < 1.29 is 18.3 Å². The molecule has 0 unspecified atom stereocenters. The van der Waals surface area contributed by atoms with Crippen molar-refractivity contribution in [3.63, 3.8) is 0 Å². The van der Waals surface area contributed by atoms with E-state index in [2.05, 4.69) is 18.6 Å². The third kappa shape index (κ3) is 4.10. The second kappa shape index (κ2) is 6.83. The van der Waals surface area contributed by atoms with Gasteiger partial charge in [0.25, 0.3) is 10.0 Å². The van der Waals surface area contributed by atoms with E-state index in [0.29, 0.717) is 11.6 Å². The number of carbonyl (C=O) groups excluding carboxylic acids is 1. The fourth-order valence-corrected chi connectivity index (χ4v) is 3.22. The molecule has 0 saturated heterocycles. The van der Waals surface area contributed by atoms with Crippen LogP contribution in [0.3, 0.4) is 0 Å². The first-order valence-corrected chi connectivity index (χ1v) is 8.76. The van der Waals surface area contributed by atoms with Gasteiger partial charge in [0, 0.05) is 5.69 Å².